The zero-order valence-corrected chi connectivity index (χ0v) is 20.4. The first-order chi connectivity index (χ1) is 14.8. The third-order valence-electron chi connectivity index (χ3n) is 7.80. The Morgan fingerprint density at radius 1 is 1.16 bits per heavy atom. The fraction of sp³-hybridized carbons (Fsp3) is 0.680. The molecular formula is C25H35BN2O4. The second-order valence-electron chi connectivity index (χ2n) is 11.8. The summed E-state index contributed by atoms with van der Waals surface area (Å²) >= 11 is 0. The van der Waals surface area contributed by atoms with E-state index in [0.29, 0.717) is 5.92 Å². The van der Waals surface area contributed by atoms with E-state index in [1.165, 1.54) is 5.56 Å². The average Bonchev–Trinajstić information content (AvgIpc) is 3.41. The summed E-state index contributed by atoms with van der Waals surface area (Å²) in [6.45, 7) is 14.1. The highest BCUT2D eigenvalue weighted by Crippen LogP contribution is 2.45. The highest BCUT2D eigenvalue weighted by atomic mass is 16.7. The molecule has 3 heterocycles. The minimum Gasteiger partial charge on any atom is -0.444 e. The molecule has 2 saturated heterocycles. The Hall–Kier alpha value is -1.86. The maximum atomic E-state index is 13.1. The standard InChI is InChI=1S/C25H35BN2O4/c1-23(2,3)30-22(29)28-18-10-8-15(13-18)21(28)20-14-16-12-17(9-11-19(16)27-20)26-31-24(4,5)25(6,7)32-26/h9,11-12,15,18,21H,8,10,13-14H2,1-7H3/t15-,18+,21-/m0/s1. The van der Waals surface area contributed by atoms with E-state index < -0.39 is 5.60 Å². The van der Waals surface area contributed by atoms with Crippen LogP contribution in [0.1, 0.15) is 73.3 Å². The van der Waals surface area contributed by atoms with Crippen molar-refractivity contribution >= 4 is 30.1 Å². The number of hydrogen-bond donors (Lipinski definition) is 0. The van der Waals surface area contributed by atoms with Gasteiger partial charge in [-0.1, -0.05) is 12.1 Å². The highest BCUT2D eigenvalue weighted by Gasteiger charge is 2.53. The number of nitrogens with zero attached hydrogens (tertiary/aromatic N) is 2. The molecule has 0 spiro atoms. The van der Waals surface area contributed by atoms with Gasteiger partial charge in [0.05, 0.1) is 22.9 Å². The average molecular weight is 438 g/mol. The monoisotopic (exact) mass is 438 g/mol. The van der Waals surface area contributed by atoms with Gasteiger partial charge in [0.2, 0.25) is 0 Å². The van der Waals surface area contributed by atoms with Crippen molar-refractivity contribution in [2.45, 2.75) is 103 Å². The summed E-state index contributed by atoms with van der Waals surface area (Å²) in [5, 5.41) is 0. The topological polar surface area (TPSA) is 60.4 Å². The Morgan fingerprint density at radius 2 is 1.84 bits per heavy atom. The first kappa shape index (κ1) is 22.0. The summed E-state index contributed by atoms with van der Waals surface area (Å²) in [5.74, 6) is 0.475. The fourth-order valence-electron chi connectivity index (χ4n) is 5.54. The number of carbonyl (C=O) groups is 1. The number of likely N-dealkylation sites (tertiary alicyclic amines) is 1. The van der Waals surface area contributed by atoms with Gasteiger partial charge in [0.25, 0.3) is 0 Å². The molecule has 32 heavy (non-hydrogen) atoms. The van der Waals surface area contributed by atoms with Crippen molar-refractivity contribution < 1.29 is 18.8 Å². The number of benzene rings is 1. The third kappa shape index (κ3) is 3.58. The van der Waals surface area contributed by atoms with Gasteiger partial charge in [0.1, 0.15) is 5.60 Å². The van der Waals surface area contributed by atoms with E-state index >= 15 is 0 Å². The maximum Gasteiger partial charge on any atom is 0.494 e. The predicted octanol–water partition coefficient (Wildman–Crippen LogP) is 4.40. The van der Waals surface area contributed by atoms with Gasteiger partial charge in [-0.2, -0.15) is 0 Å². The van der Waals surface area contributed by atoms with E-state index in [4.69, 9.17) is 19.0 Å². The molecule has 3 aliphatic heterocycles. The Kier molecular flexibility index (Phi) is 4.85. The van der Waals surface area contributed by atoms with Crippen molar-refractivity contribution in [3.05, 3.63) is 23.8 Å². The first-order valence-electron chi connectivity index (χ1n) is 11.9. The van der Waals surface area contributed by atoms with Crippen molar-refractivity contribution in [3.8, 4) is 0 Å². The second kappa shape index (κ2) is 7.07. The van der Waals surface area contributed by atoms with Crippen LogP contribution in [0.5, 0.6) is 0 Å². The molecule has 1 saturated carbocycles. The zero-order valence-electron chi connectivity index (χ0n) is 20.4. The molecule has 172 valence electrons. The molecule has 0 aromatic heterocycles. The van der Waals surface area contributed by atoms with Crippen molar-refractivity contribution in [2.24, 2.45) is 10.9 Å². The number of aliphatic imine (C=N–C) groups is 1. The van der Waals surface area contributed by atoms with E-state index in [-0.39, 0.29) is 36.5 Å². The van der Waals surface area contributed by atoms with Crippen LogP contribution in [0.2, 0.25) is 0 Å². The second-order valence-corrected chi connectivity index (χ2v) is 11.8. The molecule has 4 aliphatic rings. The number of piperidine rings is 1. The normalized spacial score (nSPS) is 30.0. The van der Waals surface area contributed by atoms with Gasteiger partial charge in [-0.15, -0.1) is 0 Å². The van der Waals surface area contributed by atoms with E-state index in [0.717, 1.165) is 42.5 Å². The molecule has 1 aliphatic carbocycles. The summed E-state index contributed by atoms with van der Waals surface area (Å²) in [4.78, 5) is 20.0. The van der Waals surface area contributed by atoms with Crippen LogP contribution in [0, 0.1) is 5.92 Å². The molecule has 6 nitrogen and oxygen atoms in total. The van der Waals surface area contributed by atoms with Gasteiger partial charge in [-0.3, -0.25) is 9.89 Å². The largest absolute Gasteiger partial charge is 0.494 e. The number of fused-ring (bicyclic) bond motifs is 3. The lowest BCUT2D eigenvalue weighted by atomic mass is 9.78. The number of amides is 1. The van der Waals surface area contributed by atoms with Crippen molar-refractivity contribution in [1.29, 1.82) is 0 Å². The van der Waals surface area contributed by atoms with Gasteiger partial charge in [0, 0.05) is 18.2 Å². The summed E-state index contributed by atoms with van der Waals surface area (Å²) in [6.07, 6.45) is 3.83. The predicted molar refractivity (Wildman–Crippen MR) is 126 cm³/mol. The summed E-state index contributed by atoms with van der Waals surface area (Å²) in [6, 6.07) is 6.59. The molecule has 0 unspecified atom stereocenters. The molecule has 1 amide bonds. The molecule has 3 atom stereocenters. The molecule has 0 radical (unpaired) electrons. The van der Waals surface area contributed by atoms with Gasteiger partial charge in [-0.05, 0) is 90.7 Å². The third-order valence-corrected chi connectivity index (χ3v) is 7.80. The number of ether oxygens (including phenoxy) is 1. The SMILES string of the molecule is CC(C)(C)OC(=O)N1[C@@H]2CC[C@@H](C2)[C@H]1C1=Nc2ccc(B3OC(C)(C)C(C)(C)O3)cc2C1. The van der Waals surface area contributed by atoms with Gasteiger partial charge in [-0.25, -0.2) is 4.79 Å². The minimum atomic E-state index is -0.498. The highest BCUT2D eigenvalue weighted by molar-refractivity contribution is 6.62. The van der Waals surface area contributed by atoms with Crippen LogP contribution < -0.4 is 5.46 Å². The number of rotatable bonds is 2. The van der Waals surface area contributed by atoms with Gasteiger partial charge >= 0.3 is 13.2 Å². The van der Waals surface area contributed by atoms with Crippen LogP contribution >= 0.6 is 0 Å². The maximum absolute atomic E-state index is 13.1. The minimum absolute atomic E-state index is 0.0382. The number of carbonyl (C=O) groups excluding carboxylic acids is 1. The van der Waals surface area contributed by atoms with Crippen molar-refractivity contribution in [1.82, 2.24) is 4.90 Å². The van der Waals surface area contributed by atoms with E-state index in [1.807, 2.05) is 25.7 Å². The molecule has 0 N–H and O–H groups in total. The van der Waals surface area contributed by atoms with Crippen LogP contribution in [0.25, 0.3) is 0 Å². The molecule has 7 heteroatoms. The summed E-state index contributed by atoms with van der Waals surface area (Å²) in [5.41, 5.74) is 3.05. The van der Waals surface area contributed by atoms with Gasteiger partial charge < -0.3 is 14.0 Å². The van der Waals surface area contributed by atoms with Crippen LogP contribution in [0.4, 0.5) is 10.5 Å². The van der Waals surface area contributed by atoms with E-state index in [1.54, 1.807) is 0 Å². The zero-order chi connectivity index (χ0) is 23.1. The van der Waals surface area contributed by atoms with Gasteiger partial charge in [0.15, 0.2) is 0 Å². The molecular weight excluding hydrogens is 403 g/mol. The van der Waals surface area contributed by atoms with E-state index in [2.05, 4.69) is 45.9 Å². The Bertz CT molecular complexity index is 965. The van der Waals surface area contributed by atoms with Crippen LogP contribution in [-0.2, 0) is 20.5 Å². The lowest BCUT2D eigenvalue weighted by Gasteiger charge is -2.36. The molecule has 2 bridgehead atoms. The molecule has 3 fully saturated rings. The lowest BCUT2D eigenvalue weighted by Crippen LogP contribution is -2.50. The Balaban J connectivity index is 1.36. The fourth-order valence-corrected chi connectivity index (χ4v) is 5.54. The summed E-state index contributed by atoms with van der Waals surface area (Å²) < 4.78 is 18.3. The van der Waals surface area contributed by atoms with Crippen LogP contribution in [0.3, 0.4) is 0 Å². The summed E-state index contributed by atoms with van der Waals surface area (Å²) in [7, 11) is -0.380. The van der Waals surface area contributed by atoms with Crippen molar-refractivity contribution in [2.75, 3.05) is 0 Å². The Morgan fingerprint density at radius 3 is 2.50 bits per heavy atom. The molecule has 1 aromatic carbocycles. The Labute approximate surface area is 191 Å². The molecule has 1 aromatic rings. The number of hydrogen-bond acceptors (Lipinski definition) is 5. The lowest BCUT2D eigenvalue weighted by molar-refractivity contribution is 0.00578. The van der Waals surface area contributed by atoms with Crippen LogP contribution in [0.15, 0.2) is 23.2 Å². The smallest absolute Gasteiger partial charge is 0.444 e. The quantitative estimate of drug-likeness (QED) is 0.643. The van der Waals surface area contributed by atoms with Crippen molar-refractivity contribution in [3.63, 3.8) is 0 Å². The van der Waals surface area contributed by atoms with E-state index in [9.17, 15) is 4.79 Å². The van der Waals surface area contributed by atoms with Crippen LogP contribution in [-0.4, -0.2) is 52.7 Å². The first-order valence-corrected chi connectivity index (χ1v) is 11.9. The molecule has 5 rings (SSSR count).